The van der Waals surface area contributed by atoms with Crippen molar-refractivity contribution in [2.24, 2.45) is 0 Å². The zero-order valence-corrected chi connectivity index (χ0v) is 15.6. The lowest BCUT2D eigenvalue weighted by Crippen LogP contribution is -2.23. The SMILES string of the molecule is CCc1ccc(-c2ccc(=O)n(CCc3nc(-c4ccccc4)no3)n2)cc1. The van der Waals surface area contributed by atoms with Crippen LogP contribution >= 0.6 is 0 Å². The van der Waals surface area contributed by atoms with Crippen molar-refractivity contribution in [1.82, 2.24) is 19.9 Å². The van der Waals surface area contributed by atoms with E-state index in [2.05, 4.69) is 34.3 Å². The van der Waals surface area contributed by atoms with Gasteiger partial charge in [-0.05, 0) is 18.1 Å². The summed E-state index contributed by atoms with van der Waals surface area (Å²) in [7, 11) is 0. The van der Waals surface area contributed by atoms with Gasteiger partial charge in [0.05, 0.1) is 12.2 Å². The molecule has 0 amide bonds. The van der Waals surface area contributed by atoms with Gasteiger partial charge >= 0.3 is 0 Å². The zero-order chi connectivity index (χ0) is 19.3. The number of aromatic nitrogens is 4. The summed E-state index contributed by atoms with van der Waals surface area (Å²) in [4.78, 5) is 16.6. The highest BCUT2D eigenvalue weighted by atomic mass is 16.5. The molecule has 0 spiro atoms. The highest BCUT2D eigenvalue weighted by molar-refractivity contribution is 5.58. The van der Waals surface area contributed by atoms with Crippen LogP contribution in [0.2, 0.25) is 0 Å². The highest BCUT2D eigenvalue weighted by Crippen LogP contribution is 2.17. The minimum atomic E-state index is -0.156. The van der Waals surface area contributed by atoms with Crippen LogP contribution < -0.4 is 5.56 Å². The predicted octanol–water partition coefficient (Wildman–Crippen LogP) is 3.77. The van der Waals surface area contributed by atoms with E-state index in [1.54, 1.807) is 12.1 Å². The van der Waals surface area contributed by atoms with Crippen molar-refractivity contribution in [3.63, 3.8) is 0 Å². The summed E-state index contributed by atoms with van der Waals surface area (Å²) in [5.41, 5.74) is 3.75. The molecule has 0 fully saturated rings. The zero-order valence-electron chi connectivity index (χ0n) is 15.6. The average molecular weight is 372 g/mol. The Morgan fingerprint density at radius 1 is 0.929 bits per heavy atom. The third kappa shape index (κ3) is 3.91. The molecule has 0 bridgehead atoms. The molecule has 0 radical (unpaired) electrons. The Hall–Kier alpha value is -3.54. The third-order valence-electron chi connectivity index (χ3n) is 4.56. The summed E-state index contributed by atoms with van der Waals surface area (Å²) < 4.78 is 6.76. The molecule has 6 nitrogen and oxygen atoms in total. The van der Waals surface area contributed by atoms with E-state index in [4.69, 9.17) is 4.52 Å². The molecule has 0 saturated heterocycles. The quantitative estimate of drug-likeness (QED) is 0.515. The van der Waals surface area contributed by atoms with E-state index < -0.39 is 0 Å². The van der Waals surface area contributed by atoms with Gasteiger partial charge in [0.1, 0.15) is 0 Å². The molecule has 2 heterocycles. The van der Waals surface area contributed by atoms with E-state index in [1.807, 2.05) is 42.5 Å². The van der Waals surface area contributed by atoms with Crippen molar-refractivity contribution < 1.29 is 4.52 Å². The lowest BCUT2D eigenvalue weighted by molar-refractivity contribution is 0.368. The molecule has 0 aliphatic heterocycles. The monoisotopic (exact) mass is 372 g/mol. The first kappa shape index (κ1) is 17.9. The van der Waals surface area contributed by atoms with Crippen LogP contribution in [0.25, 0.3) is 22.6 Å². The Bertz CT molecular complexity index is 1120. The molecule has 0 unspecified atom stereocenters. The summed E-state index contributed by atoms with van der Waals surface area (Å²) >= 11 is 0. The summed E-state index contributed by atoms with van der Waals surface area (Å²) in [6, 6.07) is 21.1. The van der Waals surface area contributed by atoms with Gasteiger partial charge < -0.3 is 4.52 Å². The number of benzene rings is 2. The fourth-order valence-electron chi connectivity index (χ4n) is 2.94. The van der Waals surface area contributed by atoms with E-state index in [0.717, 1.165) is 23.2 Å². The summed E-state index contributed by atoms with van der Waals surface area (Å²) in [6.07, 6.45) is 1.42. The van der Waals surface area contributed by atoms with Gasteiger partial charge in [0, 0.05) is 23.6 Å². The molecule has 0 aliphatic carbocycles. The van der Waals surface area contributed by atoms with Gasteiger partial charge in [0.2, 0.25) is 11.7 Å². The van der Waals surface area contributed by atoms with Gasteiger partial charge in [-0.15, -0.1) is 0 Å². The van der Waals surface area contributed by atoms with E-state index in [1.165, 1.54) is 10.2 Å². The molecule has 4 rings (SSSR count). The van der Waals surface area contributed by atoms with E-state index >= 15 is 0 Å². The first-order valence-electron chi connectivity index (χ1n) is 9.28. The van der Waals surface area contributed by atoms with Crippen LogP contribution in [0.5, 0.6) is 0 Å². The van der Waals surface area contributed by atoms with Crippen molar-refractivity contribution >= 4 is 0 Å². The molecule has 140 valence electrons. The Labute approximate surface area is 162 Å². The fraction of sp³-hybridized carbons (Fsp3) is 0.182. The van der Waals surface area contributed by atoms with Gasteiger partial charge in [-0.2, -0.15) is 10.1 Å². The molecule has 0 atom stereocenters. The molecule has 0 N–H and O–H groups in total. The largest absolute Gasteiger partial charge is 0.339 e. The minimum Gasteiger partial charge on any atom is -0.339 e. The van der Waals surface area contributed by atoms with Gasteiger partial charge in [-0.1, -0.05) is 66.7 Å². The first-order chi connectivity index (χ1) is 13.7. The van der Waals surface area contributed by atoms with E-state index in [9.17, 15) is 4.79 Å². The molecule has 6 heteroatoms. The van der Waals surface area contributed by atoms with Crippen molar-refractivity contribution in [3.8, 4) is 22.6 Å². The van der Waals surface area contributed by atoms with Crippen molar-refractivity contribution in [2.45, 2.75) is 26.3 Å². The van der Waals surface area contributed by atoms with Gasteiger partial charge in [0.15, 0.2) is 0 Å². The summed E-state index contributed by atoms with van der Waals surface area (Å²) in [5, 5.41) is 8.50. The number of aryl methyl sites for hydroxylation is 3. The van der Waals surface area contributed by atoms with Crippen LogP contribution in [0.4, 0.5) is 0 Å². The Kier molecular flexibility index (Phi) is 5.10. The van der Waals surface area contributed by atoms with Gasteiger partial charge in [-0.25, -0.2) is 4.68 Å². The summed E-state index contributed by atoms with van der Waals surface area (Å²) in [5.74, 6) is 1.02. The molecule has 2 aromatic carbocycles. The van der Waals surface area contributed by atoms with Gasteiger partial charge in [-0.3, -0.25) is 4.79 Å². The van der Waals surface area contributed by atoms with Crippen LogP contribution in [0.15, 0.2) is 76.0 Å². The van der Waals surface area contributed by atoms with Crippen molar-refractivity contribution in [3.05, 3.63) is 88.5 Å². The Balaban J connectivity index is 1.50. The number of hydrogen-bond acceptors (Lipinski definition) is 5. The molecule has 28 heavy (non-hydrogen) atoms. The minimum absolute atomic E-state index is 0.156. The third-order valence-corrected chi connectivity index (χ3v) is 4.56. The number of nitrogens with zero attached hydrogens (tertiary/aromatic N) is 4. The second-order valence-electron chi connectivity index (χ2n) is 6.46. The highest BCUT2D eigenvalue weighted by Gasteiger charge is 2.10. The maximum absolute atomic E-state index is 12.2. The van der Waals surface area contributed by atoms with Crippen LogP contribution in [-0.2, 0) is 19.4 Å². The van der Waals surface area contributed by atoms with Crippen molar-refractivity contribution in [2.75, 3.05) is 0 Å². The molecule has 2 aromatic heterocycles. The average Bonchev–Trinajstić information content (AvgIpc) is 3.23. The van der Waals surface area contributed by atoms with Gasteiger partial charge in [0.25, 0.3) is 5.56 Å². The number of rotatable bonds is 6. The fourth-order valence-corrected chi connectivity index (χ4v) is 2.94. The molecule has 4 aromatic rings. The van der Waals surface area contributed by atoms with Crippen LogP contribution in [0, 0.1) is 0 Å². The standard InChI is InChI=1S/C22H20N4O2/c1-2-16-8-10-17(11-9-16)19-12-13-21(27)26(24-19)15-14-20-23-22(25-28-20)18-6-4-3-5-7-18/h3-13H,2,14-15H2,1H3. The Morgan fingerprint density at radius 3 is 2.46 bits per heavy atom. The molecular formula is C22H20N4O2. The smallest absolute Gasteiger partial charge is 0.266 e. The van der Waals surface area contributed by atoms with Crippen LogP contribution in [-0.4, -0.2) is 19.9 Å². The summed E-state index contributed by atoms with van der Waals surface area (Å²) in [6.45, 7) is 2.49. The topological polar surface area (TPSA) is 73.8 Å². The lowest BCUT2D eigenvalue weighted by Gasteiger charge is -2.06. The second kappa shape index (κ2) is 8.00. The first-order valence-corrected chi connectivity index (χ1v) is 9.28. The predicted molar refractivity (Wildman–Crippen MR) is 107 cm³/mol. The number of hydrogen-bond donors (Lipinski definition) is 0. The maximum Gasteiger partial charge on any atom is 0.266 e. The van der Waals surface area contributed by atoms with Crippen LogP contribution in [0.1, 0.15) is 18.4 Å². The lowest BCUT2D eigenvalue weighted by atomic mass is 10.1. The van der Waals surface area contributed by atoms with Crippen LogP contribution in [0.3, 0.4) is 0 Å². The molecule has 0 aliphatic rings. The molecular weight excluding hydrogens is 352 g/mol. The van der Waals surface area contributed by atoms with Crippen molar-refractivity contribution in [1.29, 1.82) is 0 Å². The van der Waals surface area contributed by atoms with E-state index in [0.29, 0.717) is 24.7 Å². The Morgan fingerprint density at radius 2 is 1.71 bits per heavy atom. The second-order valence-corrected chi connectivity index (χ2v) is 6.46. The van der Waals surface area contributed by atoms with E-state index in [-0.39, 0.29) is 5.56 Å². The maximum atomic E-state index is 12.2. The molecule has 0 saturated carbocycles. The normalized spacial score (nSPS) is 10.9.